The fourth-order valence-electron chi connectivity index (χ4n) is 0.264. The average molecular weight is 177 g/mol. The average Bonchev–Trinajstić information content (AvgIpc) is 1.35. The van der Waals surface area contributed by atoms with Gasteiger partial charge in [-0.05, 0) is 6.92 Å². The van der Waals surface area contributed by atoms with Crippen LogP contribution in [0, 0.1) is 0 Å². The molecule has 0 aliphatic carbocycles. The zero-order chi connectivity index (χ0) is 4.99. The maximum absolute atomic E-state index is 8.46. The second-order valence-corrected chi connectivity index (χ2v) is 1.35. The molecule has 0 amide bonds. The number of likely N-dealkylation sites (N-methyl/N-ethyl adjacent to an activating group) is 1. The first-order valence-electron chi connectivity index (χ1n) is 2.01. The van der Waals surface area contributed by atoms with Crippen LogP contribution in [0.25, 0.3) is 5.32 Å². The first-order valence-corrected chi connectivity index (χ1v) is 2.01. The Labute approximate surface area is 69.6 Å². The predicted octanol–water partition coefficient (Wildman–Crippen LogP) is 0.368. The predicted molar refractivity (Wildman–Crippen MR) is 25.8 cm³/mol. The van der Waals surface area contributed by atoms with Crippen molar-refractivity contribution >= 4 is 0 Å². The van der Waals surface area contributed by atoms with Crippen LogP contribution < -0.4 is 0 Å². The smallest absolute Gasteiger partial charge is 0.0324 e. The molecule has 0 saturated heterocycles. The van der Waals surface area contributed by atoms with Crippen LogP contribution in [0.15, 0.2) is 0 Å². The van der Waals surface area contributed by atoms with E-state index in [9.17, 15) is 0 Å². The van der Waals surface area contributed by atoms with Gasteiger partial charge in [0.05, 0.1) is 0 Å². The van der Waals surface area contributed by atoms with Crippen molar-refractivity contribution in [2.75, 3.05) is 13.6 Å². The number of hydrogen-bond donors (Lipinski definition) is 1. The minimum atomic E-state index is -0.269. The molecule has 0 bridgehead atoms. The summed E-state index contributed by atoms with van der Waals surface area (Å²) >= 11 is 0. The van der Waals surface area contributed by atoms with Crippen molar-refractivity contribution in [2.45, 2.75) is 13.0 Å². The van der Waals surface area contributed by atoms with Crippen molar-refractivity contribution in [3.8, 4) is 0 Å². The minimum Gasteiger partial charge on any atom is -0.663 e. The molecule has 0 aromatic rings. The molecular formula is C4H10NOY-. The summed E-state index contributed by atoms with van der Waals surface area (Å²) in [6, 6.07) is 0. The molecule has 0 aliphatic rings. The van der Waals surface area contributed by atoms with Crippen molar-refractivity contribution in [2.24, 2.45) is 0 Å². The number of hydrogen-bond acceptors (Lipinski definition) is 1. The molecule has 1 N–H and O–H groups in total. The Balaban J connectivity index is 0. The molecule has 1 radical (unpaired) electrons. The largest absolute Gasteiger partial charge is 0.663 e. The molecule has 0 aromatic heterocycles. The van der Waals surface area contributed by atoms with Crippen LogP contribution >= 0.6 is 0 Å². The van der Waals surface area contributed by atoms with Gasteiger partial charge in [-0.1, -0.05) is 0 Å². The van der Waals surface area contributed by atoms with Crippen molar-refractivity contribution in [3.05, 3.63) is 5.32 Å². The molecule has 0 fully saturated rings. The Bertz CT molecular complexity index is 32.9. The van der Waals surface area contributed by atoms with Gasteiger partial charge in [-0.15, -0.1) is 6.54 Å². The van der Waals surface area contributed by atoms with Gasteiger partial charge in [-0.25, -0.2) is 0 Å². The van der Waals surface area contributed by atoms with Gasteiger partial charge in [0.2, 0.25) is 0 Å². The van der Waals surface area contributed by atoms with Crippen LogP contribution in [-0.4, -0.2) is 24.8 Å². The number of aliphatic hydroxyl groups excluding tert-OH is 1. The molecule has 1 unspecified atom stereocenters. The van der Waals surface area contributed by atoms with Gasteiger partial charge in [0.15, 0.2) is 0 Å². The van der Waals surface area contributed by atoms with Gasteiger partial charge in [0, 0.05) is 38.8 Å². The Morgan fingerprint density at radius 2 is 2.14 bits per heavy atom. The summed E-state index contributed by atoms with van der Waals surface area (Å²) in [4.78, 5) is 0. The van der Waals surface area contributed by atoms with E-state index >= 15 is 0 Å². The van der Waals surface area contributed by atoms with E-state index in [1.165, 1.54) is 0 Å². The van der Waals surface area contributed by atoms with Crippen LogP contribution in [0.5, 0.6) is 0 Å². The third-order valence-electron chi connectivity index (χ3n) is 0.447. The number of aliphatic hydroxyl groups is 1. The van der Waals surface area contributed by atoms with Gasteiger partial charge in [0.25, 0.3) is 0 Å². The van der Waals surface area contributed by atoms with Gasteiger partial charge in [-0.2, -0.15) is 7.05 Å². The topological polar surface area (TPSA) is 34.3 Å². The zero-order valence-electron chi connectivity index (χ0n) is 4.76. The molecule has 7 heavy (non-hydrogen) atoms. The third-order valence-corrected chi connectivity index (χ3v) is 0.447. The van der Waals surface area contributed by atoms with Crippen LogP contribution in [0.1, 0.15) is 6.92 Å². The minimum absolute atomic E-state index is 0. The van der Waals surface area contributed by atoms with E-state index in [-0.39, 0.29) is 38.8 Å². The summed E-state index contributed by atoms with van der Waals surface area (Å²) < 4.78 is 0. The molecule has 0 spiro atoms. The van der Waals surface area contributed by atoms with E-state index in [2.05, 4.69) is 5.32 Å². The zero-order valence-corrected chi connectivity index (χ0v) is 7.59. The normalized spacial score (nSPS) is 12.4. The molecule has 0 heterocycles. The van der Waals surface area contributed by atoms with Crippen LogP contribution in [0.4, 0.5) is 0 Å². The number of nitrogens with zero attached hydrogens (tertiary/aromatic N) is 1. The van der Waals surface area contributed by atoms with E-state index in [0.29, 0.717) is 6.54 Å². The van der Waals surface area contributed by atoms with Gasteiger partial charge >= 0.3 is 0 Å². The fourth-order valence-corrected chi connectivity index (χ4v) is 0.264. The monoisotopic (exact) mass is 177 g/mol. The summed E-state index contributed by atoms with van der Waals surface area (Å²) in [6.45, 7) is 2.27. The molecule has 41 valence electrons. The Hall–Kier alpha value is 1.02. The standard InChI is InChI=1S/C4H10NO.Y/c1-4(6)3-5-2;/h4,6H,3H2,1-2H3;/q-1;. The Morgan fingerprint density at radius 1 is 1.71 bits per heavy atom. The van der Waals surface area contributed by atoms with Crippen molar-refractivity contribution < 1.29 is 37.8 Å². The molecule has 2 nitrogen and oxygen atoms in total. The van der Waals surface area contributed by atoms with Crippen molar-refractivity contribution in [1.82, 2.24) is 0 Å². The first kappa shape index (κ1) is 10.9. The van der Waals surface area contributed by atoms with E-state index < -0.39 is 0 Å². The summed E-state index contributed by atoms with van der Waals surface area (Å²) in [6.07, 6.45) is -0.269. The molecule has 0 aliphatic heterocycles. The molecular weight excluding hydrogens is 167 g/mol. The van der Waals surface area contributed by atoms with Crippen molar-refractivity contribution in [1.29, 1.82) is 0 Å². The second-order valence-electron chi connectivity index (χ2n) is 1.35. The van der Waals surface area contributed by atoms with E-state index in [0.717, 1.165) is 0 Å². The molecule has 1 atom stereocenters. The maximum atomic E-state index is 8.46. The Morgan fingerprint density at radius 3 is 2.14 bits per heavy atom. The molecule has 0 saturated carbocycles. The van der Waals surface area contributed by atoms with Crippen LogP contribution in [0.3, 0.4) is 0 Å². The third kappa shape index (κ3) is 10.9. The summed E-state index contributed by atoms with van der Waals surface area (Å²) in [5.74, 6) is 0. The summed E-state index contributed by atoms with van der Waals surface area (Å²) in [5, 5.41) is 12.1. The van der Waals surface area contributed by atoms with E-state index in [1.807, 2.05) is 0 Å². The fraction of sp³-hybridized carbons (Fsp3) is 1.00. The van der Waals surface area contributed by atoms with Crippen LogP contribution in [0.2, 0.25) is 0 Å². The van der Waals surface area contributed by atoms with E-state index in [4.69, 9.17) is 5.11 Å². The SMILES string of the molecule is C[N-]CC(C)O.[Y]. The van der Waals surface area contributed by atoms with Gasteiger partial charge in [-0.3, -0.25) is 0 Å². The van der Waals surface area contributed by atoms with Gasteiger partial charge < -0.3 is 10.4 Å². The maximum Gasteiger partial charge on any atom is 0.0324 e. The quantitative estimate of drug-likeness (QED) is 0.649. The summed E-state index contributed by atoms with van der Waals surface area (Å²) in [7, 11) is 1.69. The van der Waals surface area contributed by atoms with Gasteiger partial charge in [0.1, 0.15) is 0 Å². The second kappa shape index (κ2) is 7.02. The number of rotatable bonds is 2. The van der Waals surface area contributed by atoms with E-state index in [1.54, 1.807) is 14.0 Å². The Kier molecular flexibility index (Phi) is 10.9. The molecule has 3 heteroatoms. The van der Waals surface area contributed by atoms with Crippen LogP contribution in [-0.2, 0) is 32.7 Å². The summed E-state index contributed by atoms with van der Waals surface area (Å²) in [5.41, 5.74) is 0. The molecule has 0 rings (SSSR count). The van der Waals surface area contributed by atoms with Crippen molar-refractivity contribution in [3.63, 3.8) is 0 Å². The molecule has 0 aromatic carbocycles. The first-order chi connectivity index (χ1) is 2.77.